The van der Waals surface area contributed by atoms with Gasteiger partial charge in [0.25, 0.3) is 0 Å². The van der Waals surface area contributed by atoms with Gasteiger partial charge in [0.15, 0.2) is 0 Å². The molecule has 2 N–H and O–H groups in total. The standard InChI is InChI=1S/C15H20N2OS/c1-11-5-6-13(12(2)9-11)14-10-19-15(18)17(14)8-4-3-7-16/h5-6,9-10H,3-4,7-8,16H2,1-2H3. The average molecular weight is 276 g/mol. The lowest BCUT2D eigenvalue weighted by Crippen LogP contribution is -2.15. The molecule has 4 heteroatoms. The quantitative estimate of drug-likeness (QED) is 0.854. The van der Waals surface area contributed by atoms with Gasteiger partial charge in [0.2, 0.25) is 0 Å². The van der Waals surface area contributed by atoms with Crippen molar-refractivity contribution < 1.29 is 0 Å². The van der Waals surface area contributed by atoms with E-state index in [1.165, 1.54) is 22.5 Å². The highest BCUT2D eigenvalue weighted by molar-refractivity contribution is 7.07. The fourth-order valence-electron chi connectivity index (χ4n) is 2.27. The molecule has 0 aliphatic carbocycles. The maximum Gasteiger partial charge on any atom is 0.307 e. The van der Waals surface area contributed by atoms with Crippen molar-refractivity contribution in [3.05, 3.63) is 44.4 Å². The van der Waals surface area contributed by atoms with Gasteiger partial charge in [0.1, 0.15) is 0 Å². The van der Waals surface area contributed by atoms with E-state index in [4.69, 9.17) is 5.73 Å². The second-order valence-electron chi connectivity index (χ2n) is 4.85. The smallest absolute Gasteiger partial charge is 0.307 e. The molecule has 0 aliphatic heterocycles. The highest BCUT2D eigenvalue weighted by atomic mass is 32.1. The zero-order chi connectivity index (χ0) is 13.8. The number of aromatic nitrogens is 1. The molecule has 0 aliphatic rings. The molecule has 0 amide bonds. The SMILES string of the molecule is Cc1ccc(-c2csc(=O)n2CCCCN)c(C)c1. The molecule has 1 aromatic carbocycles. The molecule has 0 bridgehead atoms. The van der Waals surface area contributed by atoms with Crippen molar-refractivity contribution in [2.24, 2.45) is 5.73 Å². The minimum Gasteiger partial charge on any atom is -0.330 e. The van der Waals surface area contributed by atoms with Crippen molar-refractivity contribution in [3.63, 3.8) is 0 Å². The fourth-order valence-corrected chi connectivity index (χ4v) is 3.05. The molecule has 2 rings (SSSR count). The van der Waals surface area contributed by atoms with Crippen LogP contribution >= 0.6 is 11.3 Å². The van der Waals surface area contributed by atoms with Gasteiger partial charge in [-0.05, 0) is 38.8 Å². The number of benzene rings is 1. The van der Waals surface area contributed by atoms with Gasteiger partial charge in [0, 0.05) is 17.5 Å². The predicted molar refractivity (Wildman–Crippen MR) is 81.8 cm³/mol. The number of nitrogens with two attached hydrogens (primary N) is 1. The summed E-state index contributed by atoms with van der Waals surface area (Å²) < 4.78 is 1.87. The van der Waals surface area contributed by atoms with E-state index in [2.05, 4.69) is 32.0 Å². The summed E-state index contributed by atoms with van der Waals surface area (Å²) in [7, 11) is 0. The number of hydrogen-bond acceptors (Lipinski definition) is 3. The third kappa shape index (κ3) is 3.14. The van der Waals surface area contributed by atoms with Crippen LogP contribution in [0.5, 0.6) is 0 Å². The monoisotopic (exact) mass is 276 g/mol. The summed E-state index contributed by atoms with van der Waals surface area (Å²) in [5.74, 6) is 0. The maximum atomic E-state index is 11.9. The second kappa shape index (κ2) is 6.17. The van der Waals surface area contributed by atoms with Gasteiger partial charge in [-0.1, -0.05) is 35.1 Å². The highest BCUT2D eigenvalue weighted by Crippen LogP contribution is 2.25. The third-order valence-electron chi connectivity index (χ3n) is 3.28. The van der Waals surface area contributed by atoms with Crippen LogP contribution in [-0.2, 0) is 6.54 Å². The number of nitrogens with zero attached hydrogens (tertiary/aromatic N) is 1. The summed E-state index contributed by atoms with van der Waals surface area (Å²) in [5, 5.41) is 1.96. The van der Waals surface area contributed by atoms with Crippen LogP contribution in [0, 0.1) is 13.8 Å². The summed E-state index contributed by atoms with van der Waals surface area (Å²) >= 11 is 1.27. The first-order valence-corrected chi connectivity index (χ1v) is 7.47. The Hall–Kier alpha value is -1.39. The summed E-state index contributed by atoms with van der Waals surface area (Å²) in [5.41, 5.74) is 10.2. The van der Waals surface area contributed by atoms with Crippen LogP contribution in [0.15, 0.2) is 28.4 Å². The van der Waals surface area contributed by atoms with E-state index < -0.39 is 0 Å². The number of rotatable bonds is 5. The van der Waals surface area contributed by atoms with Crippen LogP contribution in [0.25, 0.3) is 11.3 Å². The molecule has 1 aromatic heterocycles. The van der Waals surface area contributed by atoms with Crippen molar-refractivity contribution in [2.75, 3.05) is 6.54 Å². The van der Waals surface area contributed by atoms with Crippen LogP contribution in [-0.4, -0.2) is 11.1 Å². The van der Waals surface area contributed by atoms with E-state index in [1.807, 2.05) is 9.95 Å². The van der Waals surface area contributed by atoms with Crippen molar-refractivity contribution in [1.82, 2.24) is 4.57 Å². The number of unbranched alkanes of at least 4 members (excludes halogenated alkanes) is 1. The topological polar surface area (TPSA) is 48.0 Å². The molecular weight excluding hydrogens is 256 g/mol. The summed E-state index contributed by atoms with van der Waals surface area (Å²) in [4.78, 5) is 12.1. The Balaban J connectivity index is 2.36. The van der Waals surface area contributed by atoms with E-state index in [1.54, 1.807) is 0 Å². The molecule has 1 heterocycles. The normalized spacial score (nSPS) is 10.9. The Morgan fingerprint density at radius 2 is 2.05 bits per heavy atom. The zero-order valence-corrected chi connectivity index (χ0v) is 12.3. The van der Waals surface area contributed by atoms with Gasteiger partial charge < -0.3 is 5.73 Å². The Kier molecular flexibility index (Phi) is 4.56. The molecule has 0 radical (unpaired) electrons. The lowest BCUT2D eigenvalue weighted by Gasteiger charge is -2.10. The minimum atomic E-state index is 0.118. The first-order chi connectivity index (χ1) is 9.13. The Morgan fingerprint density at radius 1 is 1.26 bits per heavy atom. The Morgan fingerprint density at radius 3 is 2.74 bits per heavy atom. The van der Waals surface area contributed by atoms with Crippen LogP contribution < -0.4 is 10.6 Å². The Bertz CT molecular complexity index is 613. The van der Waals surface area contributed by atoms with Gasteiger partial charge in [-0.25, -0.2) is 0 Å². The first kappa shape index (κ1) is 14.0. The second-order valence-corrected chi connectivity index (χ2v) is 5.67. The number of thiazole rings is 1. The van der Waals surface area contributed by atoms with Crippen LogP contribution in [0.2, 0.25) is 0 Å². The lowest BCUT2D eigenvalue weighted by atomic mass is 10.0. The van der Waals surface area contributed by atoms with Crippen LogP contribution in [0.4, 0.5) is 0 Å². The average Bonchev–Trinajstić information content (AvgIpc) is 2.72. The fraction of sp³-hybridized carbons (Fsp3) is 0.400. The lowest BCUT2D eigenvalue weighted by molar-refractivity contribution is 0.612. The molecule has 0 saturated heterocycles. The molecule has 19 heavy (non-hydrogen) atoms. The van der Waals surface area contributed by atoms with E-state index in [0.29, 0.717) is 6.54 Å². The molecule has 3 nitrogen and oxygen atoms in total. The summed E-state index contributed by atoms with van der Waals surface area (Å²) in [6.45, 7) is 5.60. The molecule has 0 unspecified atom stereocenters. The van der Waals surface area contributed by atoms with Gasteiger partial charge in [0.05, 0.1) is 5.69 Å². The predicted octanol–water partition coefficient (Wildman–Crippen LogP) is 2.93. The van der Waals surface area contributed by atoms with Crippen LogP contribution in [0.1, 0.15) is 24.0 Å². The molecule has 0 spiro atoms. The van der Waals surface area contributed by atoms with E-state index in [0.717, 1.165) is 30.6 Å². The molecular formula is C15H20N2OS. The van der Waals surface area contributed by atoms with E-state index in [-0.39, 0.29) is 4.87 Å². The molecule has 102 valence electrons. The van der Waals surface area contributed by atoms with Crippen molar-refractivity contribution in [1.29, 1.82) is 0 Å². The van der Waals surface area contributed by atoms with Gasteiger partial charge >= 0.3 is 4.87 Å². The minimum absolute atomic E-state index is 0.118. The largest absolute Gasteiger partial charge is 0.330 e. The zero-order valence-electron chi connectivity index (χ0n) is 11.5. The molecule has 0 saturated carbocycles. The molecule has 0 atom stereocenters. The number of hydrogen-bond donors (Lipinski definition) is 1. The van der Waals surface area contributed by atoms with Crippen molar-refractivity contribution in [2.45, 2.75) is 33.2 Å². The molecule has 2 aromatic rings. The van der Waals surface area contributed by atoms with Crippen molar-refractivity contribution in [3.8, 4) is 11.3 Å². The molecule has 0 fully saturated rings. The van der Waals surface area contributed by atoms with Gasteiger partial charge in [-0.15, -0.1) is 0 Å². The van der Waals surface area contributed by atoms with Crippen molar-refractivity contribution >= 4 is 11.3 Å². The van der Waals surface area contributed by atoms with Crippen LogP contribution in [0.3, 0.4) is 0 Å². The Labute approximate surface area is 117 Å². The van der Waals surface area contributed by atoms with Gasteiger partial charge in [-0.2, -0.15) is 0 Å². The van der Waals surface area contributed by atoms with E-state index in [9.17, 15) is 4.79 Å². The maximum absolute atomic E-state index is 11.9. The van der Waals surface area contributed by atoms with E-state index >= 15 is 0 Å². The third-order valence-corrected chi connectivity index (χ3v) is 4.04. The first-order valence-electron chi connectivity index (χ1n) is 6.59. The highest BCUT2D eigenvalue weighted by Gasteiger charge is 2.10. The number of aryl methyl sites for hydroxylation is 2. The van der Waals surface area contributed by atoms with Gasteiger partial charge in [-0.3, -0.25) is 9.36 Å². The summed E-state index contributed by atoms with van der Waals surface area (Å²) in [6.07, 6.45) is 1.90. The summed E-state index contributed by atoms with van der Waals surface area (Å²) in [6, 6.07) is 6.35.